The van der Waals surface area contributed by atoms with E-state index < -0.39 is 17.9 Å². The quantitative estimate of drug-likeness (QED) is 0.766. The van der Waals surface area contributed by atoms with Gasteiger partial charge in [-0.05, 0) is 12.1 Å². The number of rotatable bonds is 3. The molecule has 0 bridgehead atoms. The maximum atomic E-state index is 11.1. The van der Waals surface area contributed by atoms with Gasteiger partial charge in [0.25, 0.3) is 5.91 Å². The molecule has 0 saturated carbocycles. The van der Waals surface area contributed by atoms with Gasteiger partial charge in [-0.1, -0.05) is 0 Å². The molecule has 0 aliphatic carbocycles. The molecule has 8 heteroatoms. The van der Waals surface area contributed by atoms with E-state index in [0.717, 1.165) is 5.75 Å². The molecule has 7 nitrogen and oxygen atoms in total. The zero-order chi connectivity index (χ0) is 13.1. The Balaban J connectivity index is 2.23. The van der Waals surface area contributed by atoms with Crippen LogP contribution in [0.1, 0.15) is 10.5 Å². The first-order valence-electron chi connectivity index (χ1n) is 5.30. The normalized spacial score (nSPS) is 19.6. The number of anilines is 1. The van der Waals surface area contributed by atoms with Gasteiger partial charge in [-0.25, -0.2) is 4.79 Å². The molecule has 0 spiro atoms. The summed E-state index contributed by atoms with van der Waals surface area (Å²) >= 11 is 1.59. The Labute approximate surface area is 107 Å². The van der Waals surface area contributed by atoms with E-state index in [9.17, 15) is 9.59 Å². The number of aromatic nitrogens is 2. The van der Waals surface area contributed by atoms with Gasteiger partial charge in [0, 0.05) is 18.1 Å². The predicted octanol–water partition coefficient (Wildman–Crippen LogP) is -0.418. The van der Waals surface area contributed by atoms with Crippen molar-refractivity contribution in [1.29, 1.82) is 0 Å². The van der Waals surface area contributed by atoms with E-state index >= 15 is 0 Å². The summed E-state index contributed by atoms with van der Waals surface area (Å²) < 4.78 is 0. The molecule has 1 unspecified atom stereocenters. The number of carbonyl (C=O) groups is 2. The van der Waals surface area contributed by atoms with Crippen LogP contribution < -0.4 is 10.6 Å². The highest BCUT2D eigenvalue weighted by Gasteiger charge is 2.30. The molecule has 1 fully saturated rings. The minimum atomic E-state index is -0.886. The van der Waals surface area contributed by atoms with Crippen LogP contribution in [0.5, 0.6) is 0 Å². The Morgan fingerprint density at radius 1 is 1.44 bits per heavy atom. The van der Waals surface area contributed by atoms with E-state index in [0.29, 0.717) is 18.1 Å². The standard InChI is InChI=1S/C10H12N4O3S/c11-9(15)6-1-2-8(13-12-6)14-3-4-18-5-7(14)10(16)17/h1-2,7H,3-5H2,(H2,11,15)(H,16,17). The maximum absolute atomic E-state index is 11.1. The Morgan fingerprint density at radius 2 is 2.22 bits per heavy atom. The Kier molecular flexibility index (Phi) is 3.66. The molecule has 0 aromatic carbocycles. The second-order valence-electron chi connectivity index (χ2n) is 3.76. The molecule has 1 atom stereocenters. The average molecular weight is 268 g/mol. The first-order chi connectivity index (χ1) is 8.59. The first-order valence-corrected chi connectivity index (χ1v) is 6.46. The van der Waals surface area contributed by atoms with Crippen LogP contribution in [0.3, 0.4) is 0 Å². The molecule has 96 valence electrons. The fourth-order valence-electron chi connectivity index (χ4n) is 1.69. The van der Waals surface area contributed by atoms with Gasteiger partial charge in [0.1, 0.15) is 6.04 Å². The van der Waals surface area contributed by atoms with Crippen LogP contribution in [0.2, 0.25) is 0 Å². The van der Waals surface area contributed by atoms with Crippen LogP contribution in [0.15, 0.2) is 12.1 Å². The number of carboxylic acid groups (broad SMARTS) is 1. The lowest BCUT2D eigenvalue weighted by Crippen LogP contribution is -2.48. The van der Waals surface area contributed by atoms with Gasteiger partial charge in [0.15, 0.2) is 11.5 Å². The molecule has 1 saturated heterocycles. The molecule has 3 N–H and O–H groups in total. The van der Waals surface area contributed by atoms with Crippen molar-refractivity contribution < 1.29 is 14.7 Å². The molecule has 18 heavy (non-hydrogen) atoms. The van der Waals surface area contributed by atoms with Crippen molar-refractivity contribution in [1.82, 2.24) is 10.2 Å². The number of hydrogen-bond donors (Lipinski definition) is 2. The van der Waals surface area contributed by atoms with Gasteiger partial charge in [-0.2, -0.15) is 11.8 Å². The smallest absolute Gasteiger partial charge is 0.327 e. The van der Waals surface area contributed by atoms with E-state index in [1.54, 1.807) is 22.7 Å². The second kappa shape index (κ2) is 5.21. The lowest BCUT2D eigenvalue weighted by molar-refractivity contribution is -0.138. The van der Waals surface area contributed by atoms with E-state index in [4.69, 9.17) is 10.8 Å². The molecular weight excluding hydrogens is 256 g/mol. The summed E-state index contributed by atoms with van der Waals surface area (Å²) in [5.41, 5.74) is 5.13. The summed E-state index contributed by atoms with van der Waals surface area (Å²) in [6.07, 6.45) is 0. The minimum Gasteiger partial charge on any atom is -0.480 e. The van der Waals surface area contributed by atoms with Crippen molar-refractivity contribution in [3.63, 3.8) is 0 Å². The third kappa shape index (κ3) is 2.53. The Bertz CT molecular complexity index is 465. The molecule has 0 radical (unpaired) electrons. The molecule has 1 aromatic heterocycles. The van der Waals surface area contributed by atoms with Crippen molar-refractivity contribution in [3.8, 4) is 0 Å². The van der Waals surface area contributed by atoms with E-state index in [1.165, 1.54) is 6.07 Å². The number of carbonyl (C=O) groups excluding carboxylic acids is 1. The third-order valence-corrected chi connectivity index (χ3v) is 3.63. The van der Waals surface area contributed by atoms with Crippen molar-refractivity contribution >= 4 is 29.5 Å². The largest absolute Gasteiger partial charge is 0.480 e. The number of nitrogens with two attached hydrogens (primary N) is 1. The van der Waals surface area contributed by atoms with Gasteiger partial charge in [-0.15, -0.1) is 10.2 Å². The number of carboxylic acids is 1. The van der Waals surface area contributed by atoms with E-state index in [2.05, 4.69) is 10.2 Å². The highest BCUT2D eigenvalue weighted by molar-refractivity contribution is 7.99. The van der Waals surface area contributed by atoms with Gasteiger partial charge >= 0.3 is 5.97 Å². The van der Waals surface area contributed by atoms with Crippen molar-refractivity contribution in [2.24, 2.45) is 5.73 Å². The third-order valence-electron chi connectivity index (χ3n) is 2.61. The minimum absolute atomic E-state index is 0.0667. The summed E-state index contributed by atoms with van der Waals surface area (Å²) in [5, 5.41) is 16.7. The number of hydrogen-bond acceptors (Lipinski definition) is 6. The second-order valence-corrected chi connectivity index (χ2v) is 4.91. The summed E-state index contributed by atoms with van der Waals surface area (Å²) in [6.45, 7) is 0.590. The van der Waals surface area contributed by atoms with Crippen LogP contribution in [-0.2, 0) is 4.79 Å². The van der Waals surface area contributed by atoms with Crippen LogP contribution in [0.4, 0.5) is 5.82 Å². The van der Waals surface area contributed by atoms with Crippen LogP contribution in [-0.4, -0.2) is 51.3 Å². The lowest BCUT2D eigenvalue weighted by atomic mass is 10.2. The Hall–Kier alpha value is -1.83. The zero-order valence-corrected chi connectivity index (χ0v) is 10.3. The summed E-state index contributed by atoms with van der Waals surface area (Å²) in [4.78, 5) is 23.7. The molecule has 1 aliphatic rings. The fraction of sp³-hybridized carbons (Fsp3) is 0.400. The van der Waals surface area contributed by atoms with E-state index in [-0.39, 0.29) is 5.69 Å². The van der Waals surface area contributed by atoms with Crippen LogP contribution >= 0.6 is 11.8 Å². The number of primary amides is 1. The first kappa shape index (κ1) is 12.6. The molecule has 2 rings (SSSR count). The zero-order valence-electron chi connectivity index (χ0n) is 9.44. The van der Waals surface area contributed by atoms with Gasteiger partial charge in [0.05, 0.1) is 0 Å². The van der Waals surface area contributed by atoms with Gasteiger partial charge < -0.3 is 15.7 Å². The average Bonchev–Trinajstić information content (AvgIpc) is 2.39. The summed E-state index contributed by atoms with van der Waals surface area (Å²) in [5.74, 6) is 0.256. The van der Waals surface area contributed by atoms with Crippen LogP contribution in [0, 0.1) is 0 Å². The van der Waals surface area contributed by atoms with Gasteiger partial charge in [-0.3, -0.25) is 4.79 Å². The summed E-state index contributed by atoms with van der Waals surface area (Å²) in [6, 6.07) is 2.40. The molecule has 2 heterocycles. The highest BCUT2D eigenvalue weighted by Crippen LogP contribution is 2.22. The lowest BCUT2D eigenvalue weighted by Gasteiger charge is -2.33. The summed E-state index contributed by atoms with van der Waals surface area (Å²) in [7, 11) is 0. The van der Waals surface area contributed by atoms with Crippen molar-refractivity contribution in [3.05, 3.63) is 17.8 Å². The molecule has 1 aromatic rings. The Morgan fingerprint density at radius 3 is 2.78 bits per heavy atom. The molecule has 1 aliphatic heterocycles. The fourth-order valence-corrected chi connectivity index (χ4v) is 2.73. The number of nitrogens with zero attached hydrogens (tertiary/aromatic N) is 3. The number of aliphatic carboxylic acids is 1. The van der Waals surface area contributed by atoms with Gasteiger partial charge in [0.2, 0.25) is 0 Å². The van der Waals surface area contributed by atoms with Crippen molar-refractivity contribution in [2.45, 2.75) is 6.04 Å². The topological polar surface area (TPSA) is 109 Å². The predicted molar refractivity (Wildman–Crippen MR) is 66.6 cm³/mol. The van der Waals surface area contributed by atoms with E-state index in [1.807, 2.05) is 0 Å². The SMILES string of the molecule is NC(=O)c1ccc(N2CCSCC2C(=O)O)nn1. The maximum Gasteiger partial charge on any atom is 0.327 e. The number of amides is 1. The van der Waals surface area contributed by atoms with Crippen molar-refractivity contribution in [2.75, 3.05) is 23.0 Å². The molecule has 1 amide bonds. The molecular formula is C10H12N4O3S. The highest BCUT2D eigenvalue weighted by atomic mass is 32.2. The number of thioether (sulfide) groups is 1. The van der Waals surface area contributed by atoms with Crippen LogP contribution in [0.25, 0.3) is 0 Å². The monoisotopic (exact) mass is 268 g/mol.